The molecule has 0 aliphatic heterocycles. The van der Waals surface area contributed by atoms with Crippen LogP contribution in [0, 0.1) is 29.6 Å². The van der Waals surface area contributed by atoms with Crippen molar-refractivity contribution in [1.82, 2.24) is 4.98 Å². The number of nitriles is 2. The number of pyridine rings is 1. The Hall–Kier alpha value is -3.62. The lowest BCUT2D eigenvalue weighted by molar-refractivity contribution is -0.142. The number of nitrogen functional groups attached to an aromatic ring is 1. The fourth-order valence-electron chi connectivity index (χ4n) is 3.28. The first-order valence-corrected chi connectivity index (χ1v) is 9.64. The number of carbonyl (C=O) groups is 1. The molecule has 1 aromatic heterocycles. The molecule has 150 valence electrons. The molecule has 0 atom stereocenters. The van der Waals surface area contributed by atoms with Gasteiger partial charge in [-0.2, -0.15) is 10.5 Å². The first kappa shape index (κ1) is 21.1. The van der Waals surface area contributed by atoms with Crippen LogP contribution in [0.5, 0.6) is 5.75 Å². The number of carbonyl (C=O) groups excluding carboxylic acids is 1. The Balaban J connectivity index is 2.08. The number of hydrogen-bond acceptors (Lipinski definition) is 7. The average Bonchev–Trinajstić information content (AvgIpc) is 2.98. The van der Waals surface area contributed by atoms with Crippen molar-refractivity contribution in [3.05, 3.63) is 56.2 Å². The molecular weight excluding hydrogens is 448 g/mol. The number of nitrogens with zero attached hydrogens (tertiary/aromatic N) is 3. The monoisotopic (exact) mass is 464 g/mol. The molecule has 3 rings (SSSR count). The van der Waals surface area contributed by atoms with Gasteiger partial charge in [0.2, 0.25) is 0 Å². The first-order chi connectivity index (χ1) is 14.3. The zero-order chi connectivity index (χ0) is 22.0. The Bertz CT molecular complexity index is 1220. The number of rotatable bonds is 4. The highest BCUT2D eigenvalue weighted by atomic mass is 79.9. The smallest absolute Gasteiger partial charge is 0.343 e. The zero-order valence-electron chi connectivity index (χ0n) is 16.5. The van der Waals surface area contributed by atoms with Crippen molar-refractivity contribution in [3.8, 4) is 17.9 Å². The van der Waals surface area contributed by atoms with E-state index in [0.29, 0.717) is 32.6 Å². The molecule has 0 radical (unpaired) electrons. The summed E-state index contributed by atoms with van der Waals surface area (Å²) in [7, 11) is 1.29. The number of halogens is 1. The number of methoxy groups -OCH3 is 1. The molecule has 0 bridgehead atoms. The molecule has 1 aliphatic rings. The van der Waals surface area contributed by atoms with Crippen LogP contribution < -0.4 is 10.5 Å². The fourth-order valence-corrected chi connectivity index (χ4v) is 3.79. The summed E-state index contributed by atoms with van der Waals surface area (Å²) in [6.45, 7) is 3.45. The van der Waals surface area contributed by atoms with Gasteiger partial charge in [-0.25, -0.2) is 9.78 Å². The predicted molar refractivity (Wildman–Crippen MR) is 116 cm³/mol. The van der Waals surface area contributed by atoms with Crippen molar-refractivity contribution < 1.29 is 14.3 Å². The van der Waals surface area contributed by atoms with Crippen LogP contribution in [-0.2, 0) is 9.53 Å². The van der Waals surface area contributed by atoms with Gasteiger partial charge < -0.3 is 15.2 Å². The molecule has 1 heterocycles. The Morgan fingerprint density at radius 3 is 2.63 bits per heavy atom. The van der Waals surface area contributed by atoms with Gasteiger partial charge in [-0.3, -0.25) is 0 Å². The number of esters is 1. The van der Waals surface area contributed by atoms with Crippen LogP contribution in [0.1, 0.15) is 34.9 Å². The minimum atomic E-state index is -0.476. The molecule has 0 amide bonds. The molecule has 1 aliphatic carbocycles. The number of anilines is 1. The van der Waals surface area contributed by atoms with Crippen molar-refractivity contribution in [1.29, 1.82) is 10.5 Å². The van der Waals surface area contributed by atoms with Gasteiger partial charge in [-0.15, -0.1) is 0 Å². The summed E-state index contributed by atoms with van der Waals surface area (Å²) in [5.41, 5.74) is 11.0. The quantitative estimate of drug-likeness (QED) is 0.677. The van der Waals surface area contributed by atoms with Crippen LogP contribution in [0.2, 0.25) is 0 Å². The molecule has 1 aromatic carbocycles. The first-order valence-electron chi connectivity index (χ1n) is 8.85. The number of aromatic nitrogens is 1. The second-order valence-electron chi connectivity index (χ2n) is 6.56. The van der Waals surface area contributed by atoms with Crippen molar-refractivity contribution >= 4 is 44.9 Å². The molecule has 0 spiro atoms. The van der Waals surface area contributed by atoms with Gasteiger partial charge in [-0.05, 0) is 70.3 Å². The van der Waals surface area contributed by atoms with E-state index in [1.807, 2.05) is 25.1 Å². The number of ether oxygens (including phenoxy) is 2. The van der Waals surface area contributed by atoms with Crippen LogP contribution in [0.3, 0.4) is 0 Å². The highest BCUT2D eigenvalue weighted by molar-refractivity contribution is 9.10. The molecule has 2 aromatic rings. The van der Waals surface area contributed by atoms with Gasteiger partial charge in [0.25, 0.3) is 0 Å². The Morgan fingerprint density at radius 1 is 1.30 bits per heavy atom. The van der Waals surface area contributed by atoms with E-state index in [1.54, 1.807) is 13.0 Å². The minimum Gasteiger partial charge on any atom is -0.481 e. The Morgan fingerprint density at radius 2 is 2.03 bits per heavy atom. The molecule has 7 nitrogen and oxygen atoms in total. The lowest BCUT2D eigenvalue weighted by Crippen LogP contribution is -2.12. The third kappa shape index (κ3) is 3.66. The van der Waals surface area contributed by atoms with E-state index in [9.17, 15) is 15.3 Å². The standard InChI is InChI=1S/C22H17BrN4O3/c1-11-14(6-13-4-5-18(17(23)7-13)30-10-19(28)29-3)20-12(2)16(9-25)22(26)27-21(20)15(11)8-24/h4-7H,10H2,1-3H3,(H2,26,27). The molecular formula is C22H17BrN4O3. The van der Waals surface area contributed by atoms with Crippen LogP contribution >= 0.6 is 15.9 Å². The van der Waals surface area contributed by atoms with Crippen molar-refractivity contribution in [2.24, 2.45) is 0 Å². The Labute approximate surface area is 182 Å². The highest BCUT2D eigenvalue weighted by Crippen LogP contribution is 2.44. The summed E-state index contributed by atoms with van der Waals surface area (Å²) in [6, 6.07) is 9.68. The largest absolute Gasteiger partial charge is 0.481 e. The molecule has 0 fully saturated rings. The second kappa shape index (κ2) is 8.40. The van der Waals surface area contributed by atoms with E-state index in [2.05, 4.69) is 37.8 Å². The van der Waals surface area contributed by atoms with Gasteiger partial charge in [0, 0.05) is 5.56 Å². The maximum atomic E-state index is 11.3. The van der Waals surface area contributed by atoms with Crippen LogP contribution in [0.25, 0.3) is 17.2 Å². The minimum absolute atomic E-state index is 0.116. The van der Waals surface area contributed by atoms with E-state index < -0.39 is 5.97 Å². The molecule has 0 saturated carbocycles. The summed E-state index contributed by atoms with van der Waals surface area (Å²) < 4.78 is 10.7. The van der Waals surface area contributed by atoms with Crippen LogP contribution in [0.4, 0.5) is 5.82 Å². The fraction of sp³-hybridized carbons (Fsp3) is 0.182. The third-order valence-electron chi connectivity index (χ3n) is 4.82. The van der Waals surface area contributed by atoms with Gasteiger partial charge in [-0.1, -0.05) is 6.07 Å². The zero-order valence-corrected chi connectivity index (χ0v) is 18.1. The van der Waals surface area contributed by atoms with Gasteiger partial charge in [0.1, 0.15) is 23.7 Å². The molecule has 0 unspecified atom stereocenters. The lowest BCUT2D eigenvalue weighted by Gasteiger charge is -2.11. The number of allylic oxidation sites excluding steroid dienone is 3. The Kier molecular flexibility index (Phi) is 5.91. The second-order valence-corrected chi connectivity index (χ2v) is 7.41. The highest BCUT2D eigenvalue weighted by Gasteiger charge is 2.29. The van der Waals surface area contributed by atoms with E-state index in [4.69, 9.17) is 10.5 Å². The van der Waals surface area contributed by atoms with Gasteiger partial charge in [0.15, 0.2) is 6.61 Å². The summed E-state index contributed by atoms with van der Waals surface area (Å²) >= 11 is 3.45. The SMILES string of the molecule is COC(=O)COc1ccc(C=C2C(C)=C(C#N)c3nc(N)c(C#N)c(C)c32)cc1Br. The molecule has 30 heavy (non-hydrogen) atoms. The maximum absolute atomic E-state index is 11.3. The molecule has 8 heteroatoms. The van der Waals surface area contributed by atoms with Gasteiger partial charge in [0.05, 0.1) is 28.4 Å². The van der Waals surface area contributed by atoms with E-state index >= 15 is 0 Å². The van der Waals surface area contributed by atoms with Crippen molar-refractivity contribution in [3.63, 3.8) is 0 Å². The molecule has 2 N–H and O–H groups in total. The van der Waals surface area contributed by atoms with Crippen molar-refractivity contribution in [2.75, 3.05) is 19.5 Å². The third-order valence-corrected chi connectivity index (χ3v) is 5.44. The number of nitrogens with two attached hydrogens (primary N) is 1. The van der Waals surface area contributed by atoms with E-state index in [0.717, 1.165) is 22.3 Å². The summed E-state index contributed by atoms with van der Waals surface area (Å²) in [4.78, 5) is 15.6. The number of fused-ring (bicyclic) bond motifs is 1. The maximum Gasteiger partial charge on any atom is 0.343 e. The summed E-state index contributed by atoms with van der Waals surface area (Å²) in [5.74, 6) is 0.137. The van der Waals surface area contributed by atoms with Crippen LogP contribution in [0.15, 0.2) is 28.2 Å². The van der Waals surface area contributed by atoms with Crippen LogP contribution in [-0.4, -0.2) is 24.7 Å². The number of benzene rings is 1. The number of hydrogen-bond donors (Lipinski definition) is 1. The molecule has 0 saturated heterocycles. The normalized spacial score (nSPS) is 13.6. The predicted octanol–water partition coefficient (Wildman–Crippen LogP) is 4.01. The van der Waals surface area contributed by atoms with E-state index in [-0.39, 0.29) is 12.4 Å². The lowest BCUT2D eigenvalue weighted by atomic mass is 9.95. The summed E-state index contributed by atoms with van der Waals surface area (Å²) in [5, 5.41) is 19.1. The summed E-state index contributed by atoms with van der Waals surface area (Å²) in [6.07, 6.45) is 1.92. The average molecular weight is 465 g/mol. The van der Waals surface area contributed by atoms with E-state index in [1.165, 1.54) is 7.11 Å². The van der Waals surface area contributed by atoms with Gasteiger partial charge >= 0.3 is 5.97 Å². The van der Waals surface area contributed by atoms with Crippen molar-refractivity contribution in [2.45, 2.75) is 13.8 Å². The topological polar surface area (TPSA) is 122 Å².